The van der Waals surface area contributed by atoms with Crippen LogP contribution in [0.25, 0.3) is 0 Å². The number of aromatic amines is 1. The molecule has 1 aromatic heterocycles. The Hall–Kier alpha value is -0.290. The molecule has 0 saturated heterocycles. The number of hydrogen-bond acceptors (Lipinski definition) is 3. The molecule has 1 fully saturated rings. The molecule has 0 bridgehead atoms. The number of aryl methyl sites for hydroxylation is 1. The molecule has 0 unspecified atom stereocenters. The lowest BCUT2D eigenvalue weighted by Crippen LogP contribution is -2.16. The summed E-state index contributed by atoms with van der Waals surface area (Å²) in [5, 5.41) is 7.19. The lowest BCUT2D eigenvalue weighted by molar-refractivity contribution is 0.611. The molecular formula is C10H17N3S2. The summed E-state index contributed by atoms with van der Waals surface area (Å²) in [6.45, 7) is 3.20. The zero-order valence-corrected chi connectivity index (χ0v) is 10.9. The van der Waals surface area contributed by atoms with Crippen LogP contribution in [-0.2, 0) is 13.0 Å². The molecule has 1 aliphatic carbocycles. The number of H-pyrrole nitrogens is 1. The molecule has 0 atom stereocenters. The average molecular weight is 243 g/mol. The van der Waals surface area contributed by atoms with E-state index in [1.807, 2.05) is 11.8 Å². The number of nitrogens with zero attached hydrogens (tertiary/aromatic N) is 2. The Morgan fingerprint density at radius 3 is 2.87 bits per heavy atom. The van der Waals surface area contributed by atoms with E-state index in [-0.39, 0.29) is 0 Å². The van der Waals surface area contributed by atoms with Gasteiger partial charge in [0.1, 0.15) is 5.82 Å². The maximum atomic E-state index is 5.27. The van der Waals surface area contributed by atoms with Crippen LogP contribution in [0, 0.1) is 4.77 Å². The van der Waals surface area contributed by atoms with Crippen molar-refractivity contribution in [1.82, 2.24) is 14.8 Å². The molecule has 0 radical (unpaired) electrons. The summed E-state index contributed by atoms with van der Waals surface area (Å²) in [6.07, 6.45) is 6.94. The minimum absolute atomic E-state index is 0.449. The van der Waals surface area contributed by atoms with Crippen molar-refractivity contribution in [3.8, 4) is 0 Å². The second-order valence-corrected chi connectivity index (χ2v) is 5.83. The largest absolute Gasteiger partial charge is 0.303 e. The van der Waals surface area contributed by atoms with E-state index in [0.717, 1.165) is 30.0 Å². The van der Waals surface area contributed by atoms with Gasteiger partial charge in [0.05, 0.1) is 0 Å². The molecule has 1 aromatic rings. The van der Waals surface area contributed by atoms with Crippen molar-refractivity contribution in [2.24, 2.45) is 0 Å². The first-order valence-electron chi connectivity index (χ1n) is 5.40. The molecule has 15 heavy (non-hydrogen) atoms. The van der Waals surface area contributed by atoms with Gasteiger partial charge in [-0.3, -0.25) is 5.10 Å². The number of hydrogen-bond donors (Lipinski definition) is 1. The van der Waals surface area contributed by atoms with Gasteiger partial charge in [0.25, 0.3) is 0 Å². The molecule has 5 heteroatoms. The van der Waals surface area contributed by atoms with Gasteiger partial charge >= 0.3 is 0 Å². The van der Waals surface area contributed by atoms with Crippen molar-refractivity contribution in [3.05, 3.63) is 10.6 Å². The predicted octanol–water partition coefficient (Wildman–Crippen LogP) is 2.79. The first-order valence-corrected chi connectivity index (χ1v) is 7.03. The van der Waals surface area contributed by atoms with E-state index in [2.05, 4.69) is 27.9 Å². The molecule has 0 spiro atoms. The lowest BCUT2D eigenvalue weighted by atomic mass is 10.3. The minimum Gasteiger partial charge on any atom is -0.303 e. The number of rotatable bonds is 5. The Kier molecular flexibility index (Phi) is 3.21. The van der Waals surface area contributed by atoms with E-state index in [0.29, 0.717) is 4.75 Å². The van der Waals surface area contributed by atoms with Crippen molar-refractivity contribution < 1.29 is 0 Å². The summed E-state index contributed by atoms with van der Waals surface area (Å²) in [5.74, 6) is 1.11. The van der Waals surface area contributed by atoms with Gasteiger partial charge in [-0.1, -0.05) is 6.92 Å². The maximum Gasteiger partial charge on any atom is 0.195 e. The third-order valence-electron chi connectivity index (χ3n) is 3.00. The van der Waals surface area contributed by atoms with Gasteiger partial charge in [0.15, 0.2) is 4.77 Å². The van der Waals surface area contributed by atoms with Crippen molar-refractivity contribution in [1.29, 1.82) is 0 Å². The highest BCUT2D eigenvalue weighted by atomic mass is 32.2. The van der Waals surface area contributed by atoms with Crippen LogP contribution < -0.4 is 0 Å². The van der Waals surface area contributed by atoms with Gasteiger partial charge in [0.2, 0.25) is 0 Å². The molecule has 1 aliphatic rings. The van der Waals surface area contributed by atoms with Crippen LogP contribution in [0.5, 0.6) is 0 Å². The standard InChI is InChI=1S/C10H17N3S2/c1-3-4-8-11-12-9(14)13(8)7-10(15-2)5-6-10/h3-7H2,1-2H3,(H,12,14). The zero-order chi connectivity index (χ0) is 10.9. The summed E-state index contributed by atoms with van der Waals surface area (Å²) < 4.78 is 3.41. The second kappa shape index (κ2) is 4.29. The molecule has 0 aliphatic heterocycles. The van der Waals surface area contributed by atoms with E-state index in [4.69, 9.17) is 12.2 Å². The highest BCUT2D eigenvalue weighted by Crippen LogP contribution is 2.48. The summed E-state index contributed by atoms with van der Waals surface area (Å²) in [4.78, 5) is 0. The average Bonchev–Trinajstić information content (AvgIpc) is 2.94. The van der Waals surface area contributed by atoms with Gasteiger partial charge in [0, 0.05) is 17.7 Å². The highest BCUT2D eigenvalue weighted by Gasteiger charge is 2.42. The van der Waals surface area contributed by atoms with Crippen LogP contribution >= 0.6 is 24.0 Å². The van der Waals surface area contributed by atoms with Gasteiger partial charge in [-0.2, -0.15) is 16.9 Å². The molecule has 1 heterocycles. The number of nitrogens with one attached hydrogen (secondary N) is 1. The van der Waals surface area contributed by atoms with Crippen LogP contribution in [0.1, 0.15) is 32.0 Å². The second-order valence-electron chi connectivity index (χ2n) is 4.17. The van der Waals surface area contributed by atoms with Crippen molar-refractivity contribution >= 4 is 24.0 Å². The fourth-order valence-electron chi connectivity index (χ4n) is 1.78. The van der Waals surface area contributed by atoms with Crippen LogP contribution in [0.15, 0.2) is 0 Å². The van der Waals surface area contributed by atoms with Crippen LogP contribution in [-0.4, -0.2) is 25.8 Å². The van der Waals surface area contributed by atoms with Gasteiger partial charge in [-0.25, -0.2) is 0 Å². The number of thioether (sulfide) groups is 1. The zero-order valence-electron chi connectivity index (χ0n) is 9.25. The first-order chi connectivity index (χ1) is 7.21. The fraction of sp³-hybridized carbons (Fsp3) is 0.800. The molecule has 1 N–H and O–H groups in total. The smallest absolute Gasteiger partial charge is 0.195 e. The van der Waals surface area contributed by atoms with Crippen molar-refractivity contribution in [3.63, 3.8) is 0 Å². The molecule has 3 nitrogen and oxygen atoms in total. The van der Waals surface area contributed by atoms with Crippen LogP contribution in [0.2, 0.25) is 0 Å². The fourth-order valence-corrected chi connectivity index (χ4v) is 2.77. The normalized spacial score (nSPS) is 18.0. The molecule has 1 saturated carbocycles. The molecule has 2 rings (SSSR count). The Balaban J connectivity index is 2.19. The Morgan fingerprint density at radius 2 is 2.33 bits per heavy atom. The number of aromatic nitrogens is 3. The molecule has 0 aromatic carbocycles. The topological polar surface area (TPSA) is 33.6 Å². The van der Waals surface area contributed by atoms with E-state index >= 15 is 0 Å². The predicted molar refractivity (Wildman–Crippen MR) is 66.9 cm³/mol. The van der Waals surface area contributed by atoms with Crippen LogP contribution in [0.4, 0.5) is 0 Å². The SMILES string of the molecule is CCCc1n[nH]c(=S)n1CC1(SC)CC1. The Labute approximate surface area is 99.7 Å². The third kappa shape index (κ3) is 2.28. The van der Waals surface area contributed by atoms with Crippen molar-refractivity contribution in [2.75, 3.05) is 6.26 Å². The monoisotopic (exact) mass is 243 g/mol. The molecular weight excluding hydrogens is 226 g/mol. The van der Waals surface area contributed by atoms with E-state index in [9.17, 15) is 0 Å². The quantitative estimate of drug-likeness (QED) is 0.807. The molecule has 84 valence electrons. The third-order valence-corrected chi connectivity index (χ3v) is 4.71. The maximum absolute atomic E-state index is 5.27. The van der Waals surface area contributed by atoms with E-state index in [1.54, 1.807) is 0 Å². The van der Waals surface area contributed by atoms with Gasteiger partial charge < -0.3 is 4.57 Å². The summed E-state index contributed by atoms with van der Waals surface area (Å²) in [6, 6.07) is 0. The summed E-state index contributed by atoms with van der Waals surface area (Å²) in [5.41, 5.74) is 0. The first kappa shape index (κ1) is 11.2. The Morgan fingerprint density at radius 1 is 1.60 bits per heavy atom. The van der Waals surface area contributed by atoms with E-state index in [1.165, 1.54) is 12.8 Å². The van der Waals surface area contributed by atoms with Gasteiger partial charge in [-0.05, 0) is 37.7 Å². The summed E-state index contributed by atoms with van der Waals surface area (Å²) >= 11 is 7.23. The minimum atomic E-state index is 0.449. The van der Waals surface area contributed by atoms with Gasteiger partial charge in [-0.15, -0.1) is 0 Å². The van der Waals surface area contributed by atoms with Crippen molar-refractivity contribution in [2.45, 2.75) is 43.9 Å². The molecule has 0 amide bonds. The lowest BCUT2D eigenvalue weighted by Gasteiger charge is -2.14. The highest BCUT2D eigenvalue weighted by molar-refractivity contribution is 8.00. The summed E-state index contributed by atoms with van der Waals surface area (Å²) in [7, 11) is 0. The Bertz CT molecular complexity index is 390. The van der Waals surface area contributed by atoms with Crippen LogP contribution in [0.3, 0.4) is 0 Å². The van der Waals surface area contributed by atoms with E-state index < -0.39 is 0 Å².